The van der Waals surface area contributed by atoms with Gasteiger partial charge in [0, 0.05) is 38.4 Å². The monoisotopic (exact) mass is 567 g/mol. The fourth-order valence-electron chi connectivity index (χ4n) is 5.26. The fourth-order valence-corrected chi connectivity index (χ4v) is 5.26. The average Bonchev–Trinajstić information content (AvgIpc) is 3.33. The molecule has 0 bridgehead atoms. The van der Waals surface area contributed by atoms with E-state index in [4.69, 9.17) is 9.72 Å². The smallest absolute Gasteiger partial charge is 0.282 e. The van der Waals surface area contributed by atoms with Crippen LogP contribution in [0.25, 0.3) is 22.1 Å². The molecule has 1 saturated heterocycles. The fraction of sp³-hybridized carbons (Fsp3) is 0.267. The van der Waals surface area contributed by atoms with E-state index < -0.39 is 17.3 Å². The van der Waals surface area contributed by atoms with Crippen molar-refractivity contribution in [3.05, 3.63) is 72.8 Å². The maximum Gasteiger partial charge on any atom is 0.282 e. The Morgan fingerprint density at radius 1 is 1.07 bits per heavy atom. The summed E-state index contributed by atoms with van der Waals surface area (Å²) in [7, 11) is 1.85. The van der Waals surface area contributed by atoms with E-state index in [1.165, 1.54) is 11.2 Å². The summed E-state index contributed by atoms with van der Waals surface area (Å²) in [5.74, 6) is 1.04. The molecule has 0 aliphatic carbocycles. The van der Waals surface area contributed by atoms with E-state index in [1.807, 2.05) is 76.3 Å². The summed E-state index contributed by atoms with van der Waals surface area (Å²) in [4.78, 5) is 29.7. The number of benzene rings is 2. The minimum absolute atomic E-state index is 0.352. The van der Waals surface area contributed by atoms with Gasteiger partial charge in [-0.3, -0.25) is 4.79 Å². The molecule has 12 heteroatoms. The second-order valence-electron chi connectivity index (χ2n) is 10.9. The predicted molar refractivity (Wildman–Crippen MR) is 159 cm³/mol. The van der Waals surface area contributed by atoms with Crippen molar-refractivity contribution in [2.75, 3.05) is 29.9 Å². The SMILES string of the molecule is C=C(F)C(=O)N1CCN(c2ccc3ncnc(Nc4ccc(Oc5ccc6c(c5)nnn6C)c(C)c4)c3n2)CC1(C)C. The number of piperazine rings is 1. The Balaban J connectivity index is 1.22. The second kappa shape index (κ2) is 10.4. The van der Waals surface area contributed by atoms with Crippen LogP contribution in [-0.2, 0) is 11.8 Å². The lowest BCUT2D eigenvalue weighted by atomic mass is 9.98. The number of carbonyl (C=O) groups is 1. The van der Waals surface area contributed by atoms with E-state index in [2.05, 4.69) is 37.1 Å². The van der Waals surface area contributed by atoms with E-state index >= 15 is 0 Å². The number of rotatable bonds is 6. The van der Waals surface area contributed by atoms with Crippen molar-refractivity contribution in [3.8, 4) is 11.5 Å². The molecule has 1 aliphatic heterocycles. The van der Waals surface area contributed by atoms with Crippen molar-refractivity contribution < 1.29 is 13.9 Å². The Morgan fingerprint density at radius 2 is 1.90 bits per heavy atom. The van der Waals surface area contributed by atoms with Gasteiger partial charge in [-0.15, -0.1) is 5.10 Å². The summed E-state index contributed by atoms with van der Waals surface area (Å²) in [6.45, 7) is 10.3. The van der Waals surface area contributed by atoms with Crippen LogP contribution in [0.4, 0.5) is 21.7 Å². The molecule has 5 aromatic rings. The van der Waals surface area contributed by atoms with Gasteiger partial charge in [0.1, 0.15) is 34.7 Å². The molecule has 1 N–H and O–H groups in total. The van der Waals surface area contributed by atoms with Crippen LogP contribution in [0.5, 0.6) is 11.5 Å². The minimum Gasteiger partial charge on any atom is -0.457 e. The van der Waals surface area contributed by atoms with E-state index in [0.717, 1.165) is 28.1 Å². The third-order valence-electron chi connectivity index (χ3n) is 7.42. The average molecular weight is 568 g/mol. The maximum absolute atomic E-state index is 13.6. The van der Waals surface area contributed by atoms with Gasteiger partial charge in [0.05, 0.1) is 16.6 Å². The first-order valence-electron chi connectivity index (χ1n) is 13.5. The van der Waals surface area contributed by atoms with Gasteiger partial charge in [0.2, 0.25) is 0 Å². The molecule has 0 unspecified atom stereocenters. The lowest BCUT2D eigenvalue weighted by molar-refractivity contribution is -0.134. The summed E-state index contributed by atoms with van der Waals surface area (Å²) in [6, 6.07) is 15.3. The van der Waals surface area contributed by atoms with Crippen LogP contribution in [0.15, 0.2) is 67.3 Å². The largest absolute Gasteiger partial charge is 0.457 e. The van der Waals surface area contributed by atoms with Gasteiger partial charge in [0.15, 0.2) is 11.6 Å². The van der Waals surface area contributed by atoms with Crippen molar-refractivity contribution in [2.45, 2.75) is 26.3 Å². The molecule has 2 aromatic carbocycles. The molecule has 214 valence electrons. The highest BCUT2D eigenvalue weighted by molar-refractivity contribution is 5.91. The number of anilines is 3. The second-order valence-corrected chi connectivity index (χ2v) is 10.9. The normalized spacial score (nSPS) is 14.8. The summed E-state index contributed by atoms with van der Waals surface area (Å²) >= 11 is 0. The molecule has 0 saturated carbocycles. The molecule has 1 amide bonds. The predicted octanol–water partition coefficient (Wildman–Crippen LogP) is 5.06. The molecule has 42 heavy (non-hydrogen) atoms. The standard InChI is InChI=1S/C30H30FN9O2/c1-18-14-20(6-10-25(18)42-21-7-9-24-23(15-21)36-37-38(24)5)34-28-27-22(32-17-33-28)8-11-26(35-27)39-12-13-40(29(41)19(2)31)30(3,4)16-39/h6-11,14-15,17H,2,12-13,16H2,1,3-5H3,(H,32,33,34). The zero-order valence-electron chi connectivity index (χ0n) is 23.8. The molecule has 1 fully saturated rings. The quantitative estimate of drug-likeness (QED) is 0.281. The van der Waals surface area contributed by atoms with E-state index in [0.29, 0.717) is 48.0 Å². The summed E-state index contributed by atoms with van der Waals surface area (Å²) in [5.41, 5.74) is 4.12. The lowest BCUT2D eigenvalue weighted by Crippen LogP contribution is -2.61. The van der Waals surface area contributed by atoms with Crippen molar-refractivity contribution in [2.24, 2.45) is 7.05 Å². The first-order chi connectivity index (χ1) is 20.1. The topological polar surface area (TPSA) is 114 Å². The van der Waals surface area contributed by atoms with Crippen LogP contribution in [-0.4, -0.2) is 65.9 Å². The van der Waals surface area contributed by atoms with Gasteiger partial charge < -0.3 is 19.9 Å². The zero-order valence-corrected chi connectivity index (χ0v) is 23.8. The highest BCUT2D eigenvalue weighted by Gasteiger charge is 2.38. The molecule has 4 heterocycles. The number of hydrogen-bond donors (Lipinski definition) is 1. The number of hydrogen-bond acceptors (Lipinski definition) is 9. The number of carbonyl (C=O) groups excluding carboxylic acids is 1. The number of nitrogens with zero attached hydrogens (tertiary/aromatic N) is 8. The third kappa shape index (κ3) is 5.06. The molecule has 0 radical (unpaired) electrons. The van der Waals surface area contributed by atoms with Crippen LogP contribution >= 0.6 is 0 Å². The van der Waals surface area contributed by atoms with Crippen molar-refractivity contribution in [3.63, 3.8) is 0 Å². The third-order valence-corrected chi connectivity index (χ3v) is 7.42. The van der Waals surface area contributed by atoms with Crippen LogP contribution in [0, 0.1) is 6.92 Å². The number of halogens is 1. The van der Waals surface area contributed by atoms with Gasteiger partial charge in [-0.1, -0.05) is 11.8 Å². The summed E-state index contributed by atoms with van der Waals surface area (Å²) < 4.78 is 21.4. The number of pyridine rings is 1. The number of fused-ring (bicyclic) bond motifs is 2. The van der Waals surface area contributed by atoms with Crippen molar-refractivity contribution in [1.29, 1.82) is 0 Å². The van der Waals surface area contributed by atoms with Gasteiger partial charge >= 0.3 is 0 Å². The summed E-state index contributed by atoms with van der Waals surface area (Å²) in [5, 5.41) is 11.6. The molecule has 1 aliphatic rings. The molecular formula is C30H30FN9O2. The van der Waals surface area contributed by atoms with Gasteiger partial charge in [-0.25, -0.2) is 24.0 Å². The Hall–Kier alpha value is -5.13. The number of amides is 1. The highest BCUT2D eigenvalue weighted by Crippen LogP contribution is 2.32. The van der Waals surface area contributed by atoms with Crippen LogP contribution in [0.3, 0.4) is 0 Å². The first-order valence-corrected chi connectivity index (χ1v) is 13.5. The molecule has 6 rings (SSSR count). The molecule has 0 atom stereocenters. The zero-order chi connectivity index (χ0) is 29.6. The Labute approximate surface area is 241 Å². The van der Waals surface area contributed by atoms with E-state index in [9.17, 15) is 9.18 Å². The van der Waals surface area contributed by atoms with Gasteiger partial charge in [0.25, 0.3) is 5.91 Å². The number of aryl methyl sites for hydroxylation is 2. The Morgan fingerprint density at radius 3 is 2.67 bits per heavy atom. The Bertz CT molecular complexity index is 1850. The minimum atomic E-state index is -0.952. The van der Waals surface area contributed by atoms with Gasteiger partial charge in [-0.05, 0) is 68.8 Å². The molecule has 0 spiro atoms. The van der Waals surface area contributed by atoms with Crippen molar-refractivity contribution >= 4 is 45.3 Å². The van der Waals surface area contributed by atoms with Crippen LogP contribution in [0.2, 0.25) is 0 Å². The molecular weight excluding hydrogens is 537 g/mol. The number of nitrogens with one attached hydrogen (secondary N) is 1. The molecule has 11 nitrogen and oxygen atoms in total. The van der Waals surface area contributed by atoms with Gasteiger partial charge in [-0.2, -0.15) is 0 Å². The maximum atomic E-state index is 13.6. The highest BCUT2D eigenvalue weighted by atomic mass is 19.1. The van der Waals surface area contributed by atoms with E-state index in [1.54, 1.807) is 4.68 Å². The first kappa shape index (κ1) is 27.1. The van der Waals surface area contributed by atoms with Crippen LogP contribution in [0.1, 0.15) is 19.4 Å². The van der Waals surface area contributed by atoms with Crippen molar-refractivity contribution in [1.82, 2.24) is 34.8 Å². The Kier molecular flexibility index (Phi) is 6.68. The summed E-state index contributed by atoms with van der Waals surface area (Å²) in [6.07, 6.45) is 1.50. The van der Waals surface area contributed by atoms with Crippen LogP contribution < -0.4 is 15.0 Å². The van der Waals surface area contributed by atoms with E-state index in [-0.39, 0.29) is 0 Å². The number of ether oxygens (including phenoxy) is 1. The number of aromatic nitrogens is 6. The molecule has 3 aromatic heterocycles. The lowest BCUT2D eigenvalue weighted by Gasteiger charge is -2.47.